The van der Waals surface area contributed by atoms with Crippen LogP contribution in [0.25, 0.3) is 0 Å². The number of carbonyl (C=O) groups is 1. The van der Waals surface area contributed by atoms with Crippen molar-refractivity contribution in [3.05, 3.63) is 66.2 Å². The fourth-order valence-corrected chi connectivity index (χ4v) is 2.35. The van der Waals surface area contributed by atoms with Gasteiger partial charge in [-0.15, -0.1) is 0 Å². The second kappa shape index (κ2) is 8.23. The third-order valence-electron chi connectivity index (χ3n) is 3.89. The van der Waals surface area contributed by atoms with Crippen LogP contribution in [0.5, 0.6) is 0 Å². The maximum atomic E-state index is 12.5. The summed E-state index contributed by atoms with van der Waals surface area (Å²) < 4.78 is 0. The molecule has 0 fully saturated rings. The molecule has 1 N–H and O–H groups in total. The summed E-state index contributed by atoms with van der Waals surface area (Å²) in [5.41, 5.74) is 2.09. The first-order valence-corrected chi connectivity index (χ1v) is 7.87. The quantitative estimate of drug-likeness (QED) is 0.832. The Kier molecular flexibility index (Phi) is 6.01. The Hall–Kier alpha value is -2.29. The maximum absolute atomic E-state index is 12.5. The zero-order valence-electron chi connectivity index (χ0n) is 13.3. The van der Waals surface area contributed by atoms with E-state index in [0.29, 0.717) is 0 Å². The van der Waals surface area contributed by atoms with E-state index in [2.05, 4.69) is 31.3 Å². The molecule has 0 saturated heterocycles. The van der Waals surface area contributed by atoms with Crippen LogP contribution < -0.4 is 5.32 Å². The van der Waals surface area contributed by atoms with Crippen LogP contribution >= 0.6 is 0 Å². The van der Waals surface area contributed by atoms with Gasteiger partial charge in [0.1, 0.15) is 0 Å². The van der Waals surface area contributed by atoms with Gasteiger partial charge in [0.2, 0.25) is 0 Å². The van der Waals surface area contributed by atoms with E-state index in [-0.39, 0.29) is 12.1 Å². The van der Waals surface area contributed by atoms with E-state index in [0.717, 1.165) is 25.1 Å². The van der Waals surface area contributed by atoms with Crippen LogP contribution in [0.15, 0.2) is 60.7 Å². The molecule has 2 aromatic carbocycles. The second-order valence-corrected chi connectivity index (χ2v) is 5.48. The highest BCUT2D eigenvalue weighted by atomic mass is 16.2. The average Bonchev–Trinajstić information content (AvgIpc) is 2.56. The third-order valence-corrected chi connectivity index (χ3v) is 3.89. The molecule has 0 bridgehead atoms. The molecule has 0 heterocycles. The number of nitrogens with one attached hydrogen (secondary N) is 1. The summed E-state index contributed by atoms with van der Waals surface area (Å²) in [7, 11) is 0. The number of carbonyl (C=O) groups excluding carboxylic acids is 1. The van der Waals surface area contributed by atoms with Crippen LogP contribution in [0.3, 0.4) is 0 Å². The van der Waals surface area contributed by atoms with Crippen molar-refractivity contribution in [2.75, 3.05) is 11.9 Å². The molecule has 0 aromatic heterocycles. The Bertz CT molecular complexity index is 569. The van der Waals surface area contributed by atoms with Gasteiger partial charge < -0.3 is 10.2 Å². The van der Waals surface area contributed by atoms with Gasteiger partial charge in [-0.1, -0.05) is 55.5 Å². The largest absolute Gasteiger partial charge is 0.322 e. The van der Waals surface area contributed by atoms with Crippen molar-refractivity contribution in [2.45, 2.75) is 32.7 Å². The first-order chi connectivity index (χ1) is 10.7. The number of hydrogen-bond donors (Lipinski definition) is 1. The molecule has 1 unspecified atom stereocenters. The normalized spacial score (nSPS) is 11.7. The van der Waals surface area contributed by atoms with Gasteiger partial charge in [0.05, 0.1) is 0 Å². The smallest absolute Gasteiger partial charge is 0.322 e. The second-order valence-electron chi connectivity index (χ2n) is 5.48. The van der Waals surface area contributed by atoms with Crippen LogP contribution in [-0.2, 0) is 6.42 Å². The van der Waals surface area contributed by atoms with Gasteiger partial charge in [0, 0.05) is 18.3 Å². The van der Waals surface area contributed by atoms with Crippen molar-refractivity contribution in [3.8, 4) is 0 Å². The molecule has 2 rings (SSSR count). The number of urea groups is 1. The van der Waals surface area contributed by atoms with Gasteiger partial charge in [-0.05, 0) is 37.5 Å². The molecule has 22 heavy (non-hydrogen) atoms. The number of nitrogens with zero attached hydrogens (tertiary/aromatic N) is 1. The molecule has 3 nitrogen and oxygen atoms in total. The van der Waals surface area contributed by atoms with Crippen LogP contribution in [-0.4, -0.2) is 23.5 Å². The van der Waals surface area contributed by atoms with Crippen LogP contribution in [0.4, 0.5) is 10.5 Å². The first-order valence-electron chi connectivity index (χ1n) is 7.87. The molecule has 0 aliphatic rings. The van der Waals surface area contributed by atoms with Crippen molar-refractivity contribution in [2.24, 2.45) is 0 Å². The van der Waals surface area contributed by atoms with Crippen LogP contribution in [0, 0.1) is 0 Å². The monoisotopic (exact) mass is 296 g/mol. The Labute approximate surface area is 133 Å². The Balaban J connectivity index is 2.00. The van der Waals surface area contributed by atoms with Crippen LogP contribution in [0.2, 0.25) is 0 Å². The molecule has 0 aliphatic carbocycles. The molecular weight excluding hydrogens is 272 g/mol. The van der Waals surface area contributed by atoms with E-state index in [4.69, 9.17) is 0 Å². The Morgan fingerprint density at radius 3 is 2.23 bits per heavy atom. The van der Waals surface area contributed by atoms with E-state index in [9.17, 15) is 4.79 Å². The minimum atomic E-state index is -0.0310. The van der Waals surface area contributed by atoms with Crippen molar-refractivity contribution in [3.63, 3.8) is 0 Å². The molecule has 2 amide bonds. The molecule has 0 radical (unpaired) electrons. The van der Waals surface area contributed by atoms with Gasteiger partial charge in [-0.25, -0.2) is 4.79 Å². The lowest BCUT2D eigenvalue weighted by Gasteiger charge is -2.29. The van der Waals surface area contributed by atoms with Crippen LogP contribution in [0.1, 0.15) is 25.8 Å². The molecular formula is C19H24N2O. The fourth-order valence-electron chi connectivity index (χ4n) is 2.35. The molecule has 1 atom stereocenters. The van der Waals surface area contributed by atoms with Gasteiger partial charge >= 0.3 is 6.03 Å². The Morgan fingerprint density at radius 1 is 1.05 bits per heavy atom. The number of para-hydroxylation sites is 1. The summed E-state index contributed by atoms with van der Waals surface area (Å²) in [6.07, 6.45) is 1.81. The van der Waals surface area contributed by atoms with Gasteiger partial charge in [0.15, 0.2) is 0 Å². The zero-order valence-corrected chi connectivity index (χ0v) is 13.3. The predicted octanol–water partition coefficient (Wildman–Crippen LogP) is 4.56. The molecule has 3 heteroatoms. The predicted molar refractivity (Wildman–Crippen MR) is 92.1 cm³/mol. The SMILES string of the molecule is CCC(C)N(CCc1ccccc1)C(=O)Nc1ccccc1. The number of amides is 2. The highest BCUT2D eigenvalue weighted by Gasteiger charge is 2.18. The lowest BCUT2D eigenvalue weighted by Crippen LogP contribution is -2.42. The minimum absolute atomic E-state index is 0.0310. The summed E-state index contributed by atoms with van der Waals surface area (Å²) in [6, 6.07) is 20.1. The van der Waals surface area contributed by atoms with Gasteiger partial charge in [0.25, 0.3) is 0 Å². The first kappa shape index (κ1) is 16.1. The van der Waals surface area contributed by atoms with E-state index in [1.165, 1.54) is 5.56 Å². The molecule has 2 aromatic rings. The third kappa shape index (κ3) is 4.62. The molecule has 0 spiro atoms. The number of hydrogen-bond acceptors (Lipinski definition) is 1. The van der Waals surface area contributed by atoms with Crippen molar-refractivity contribution >= 4 is 11.7 Å². The molecule has 0 saturated carbocycles. The average molecular weight is 296 g/mol. The minimum Gasteiger partial charge on any atom is -0.322 e. The number of anilines is 1. The van der Waals surface area contributed by atoms with Gasteiger partial charge in [-0.3, -0.25) is 0 Å². The molecule has 116 valence electrons. The highest BCUT2D eigenvalue weighted by molar-refractivity contribution is 5.89. The van der Waals surface area contributed by atoms with E-state index in [1.54, 1.807) is 0 Å². The Morgan fingerprint density at radius 2 is 1.64 bits per heavy atom. The lowest BCUT2D eigenvalue weighted by molar-refractivity contribution is 0.191. The summed E-state index contributed by atoms with van der Waals surface area (Å²) in [5.74, 6) is 0. The summed E-state index contributed by atoms with van der Waals surface area (Å²) in [5, 5.41) is 2.98. The van der Waals surface area contributed by atoms with Crippen molar-refractivity contribution in [1.29, 1.82) is 0 Å². The summed E-state index contributed by atoms with van der Waals surface area (Å²) >= 11 is 0. The van der Waals surface area contributed by atoms with Gasteiger partial charge in [-0.2, -0.15) is 0 Å². The zero-order chi connectivity index (χ0) is 15.8. The topological polar surface area (TPSA) is 32.3 Å². The number of rotatable bonds is 6. The molecule has 0 aliphatic heterocycles. The van der Waals surface area contributed by atoms with Crippen molar-refractivity contribution in [1.82, 2.24) is 4.90 Å². The van der Waals surface area contributed by atoms with E-state index < -0.39 is 0 Å². The highest BCUT2D eigenvalue weighted by Crippen LogP contribution is 2.11. The summed E-state index contributed by atoms with van der Waals surface area (Å²) in [4.78, 5) is 14.5. The van der Waals surface area contributed by atoms with E-state index in [1.807, 2.05) is 53.4 Å². The standard InChI is InChI=1S/C19H24N2O/c1-3-16(2)21(15-14-17-10-6-4-7-11-17)19(22)20-18-12-8-5-9-13-18/h4-13,16H,3,14-15H2,1-2H3,(H,20,22). The summed E-state index contributed by atoms with van der Waals surface area (Å²) in [6.45, 7) is 4.92. The lowest BCUT2D eigenvalue weighted by atomic mass is 10.1. The maximum Gasteiger partial charge on any atom is 0.322 e. The number of benzene rings is 2. The van der Waals surface area contributed by atoms with Crippen molar-refractivity contribution < 1.29 is 4.79 Å². The van der Waals surface area contributed by atoms with E-state index >= 15 is 0 Å². The fraction of sp³-hybridized carbons (Fsp3) is 0.316.